The van der Waals surface area contributed by atoms with Crippen LogP contribution in [0.4, 0.5) is 0 Å². The van der Waals surface area contributed by atoms with Crippen molar-refractivity contribution in [1.29, 1.82) is 0 Å². The third-order valence-corrected chi connectivity index (χ3v) is 5.10. The molecule has 0 aromatic heterocycles. The monoisotopic (exact) mass is 352 g/mol. The molecule has 2 atom stereocenters. The van der Waals surface area contributed by atoms with Crippen LogP contribution < -0.4 is 5.32 Å². The highest BCUT2D eigenvalue weighted by molar-refractivity contribution is 5.78. The van der Waals surface area contributed by atoms with Gasteiger partial charge < -0.3 is 10.4 Å². The Morgan fingerprint density at radius 1 is 1.12 bits per heavy atom. The molecule has 26 heavy (non-hydrogen) atoms. The second-order valence-corrected chi connectivity index (χ2v) is 7.30. The smallest absolute Gasteiger partial charge is 0.234 e. The number of carbonyl (C=O) groups is 1. The number of likely N-dealkylation sites (tertiary alicyclic amines) is 1. The van der Waals surface area contributed by atoms with Gasteiger partial charge in [0.25, 0.3) is 0 Å². The fraction of sp³-hybridized carbons (Fsp3) is 0.409. The molecule has 2 aromatic carbocycles. The largest absolute Gasteiger partial charge is 0.393 e. The van der Waals surface area contributed by atoms with Gasteiger partial charge in [-0.1, -0.05) is 60.2 Å². The standard InChI is InChI=1S/C22H28N2O2/c1-17-7-9-19(10-8-17)14-23-22(26)16-24-12-11-21(25)20(15-24)13-18-5-3-2-4-6-18/h2-10,20-21,25H,11-16H2,1H3,(H,23,26)/t20-,21-/m1/s1. The molecular formula is C22H28N2O2. The summed E-state index contributed by atoms with van der Waals surface area (Å²) in [6.07, 6.45) is 1.29. The van der Waals surface area contributed by atoms with Crippen LogP contribution in [0.3, 0.4) is 0 Å². The maximum absolute atomic E-state index is 12.3. The summed E-state index contributed by atoms with van der Waals surface area (Å²) in [6, 6.07) is 18.5. The van der Waals surface area contributed by atoms with Gasteiger partial charge in [0.2, 0.25) is 5.91 Å². The summed E-state index contributed by atoms with van der Waals surface area (Å²) >= 11 is 0. The lowest BCUT2D eigenvalue weighted by molar-refractivity contribution is -0.123. The maximum Gasteiger partial charge on any atom is 0.234 e. The molecule has 138 valence electrons. The van der Waals surface area contributed by atoms with E-state index in [2.05, 4.69) is 41.4 Å². The number of amides is 1. The lowest BCUT2D eigenvalue weighted by Gasteiger charge is -2.36. The van der Waals surface area contributed by atoms with Crippen LogP contribution in [0.25, 0.3) is 0 Å². The Balaban J connectivity index is 1.47. The van der Waals surface area contributed by atoms with E-state index in [9.17, 15) is 9.90 Å². The van der Waals surface area contributed by atoms with Gasteiger partial charge in [-0.25, -0.2) is 0 Å². The van der Waals surface area contributed by atoms with Crippen molar-refractivity contribution >= 4 is 5.91 Å². The van der Waals surface area contributed by atoms with Crippen molar-refractivity contribution in [2.24, 2.45) is 5.92 Å². The number of aryl methyl sites for hydroxylation is 1. The third-order valence-electron chi connectivity index (χ3n) is 5.10. The summed E-state index contributed by atoms with van der Waals surface area (Å²) in [7, 11) is 0. The van der Waals surface area contributed by atoms with Gasteiger partial charge in [-0.05, 0) is 30.9 Å². The Morgan fingerprint density at radius 3 is 2.58 bits per heavy atom. The van der Waals surface area contributed by atoms with Crippen LogP contribution in [0.2, 0.25) is 0 Å². The van der Waals surface area contributed by atoms with Gasteiger partial charge in [0.05, 0.1) is 12.6 Å². The number of aliphatic hydroxyl groups excluding tert-OH is 1. The molecule has 1 saturated heterocycles. The van der Waals surface area contributed by atoms with Gasteiger partial charge in [-0.3, -0.25) is 9.69 Å². The Bertz CT molecular complexity index is 700. The summed E-state index contributed by atoms with van der Waals surface area (Å²) in [5, 5.41) is 13.3. The summed E-state index contributed by atoms with van der Waals surface area (Å²) in [6.45, 7) is 4.53. The normalized spacial score (nSPS) is 20.7. The SMILES string of the molecule is Cc1ccc(CNC(=O)CN2CC[C@@H](O)[C@H](Cc3ccccc3)C2)cc1. The molecule has 4 heteroatoms. The molecule has 1 heterocycles. The fourth-order valence-electron chi connectivity index (χ4n) is 3.52. The van der Waals surface area contributed by atoms with Gasteiger partial charge in [0, 0.05) is 25.6 Å². The zero-order valence-electron chi connectivity index (χ0n) is 15.4. The molecule has 0 radical (unpaired) electrons. The minimum Gasteiger partial charge on any atom is -0.393 e. The van der Waals surface area contributed by atoms with E-state index in [1.54, 1.807) is 0 Å². The topological polar surface area (TPSA) is 52.6 Å². The lowest BCUT2D eigenvalue weighted by Crippen LogP contribution is -2.47. The van der Waals surface area contributed by atoms with Gasteiger partial charge in [-0.15, -0.1) is 0 Å². The van der Waals surface area contributed by atoms with Crippen LogP contribution in [0.5, 0.6) is 0 Å². The Hall–Kier alpha value is -2.17. The highest BCUT2D eigenvalue weighted by Gasteiger charge is 2.28. The molecule has 0 saturated carbocycles. The zero-order chi connectivity index (χ0) is 18.4. The maximum atomic E-state index is 12.3. The predicted octanol–water partition coefficient (Wildman–Crippen LogP) is 2.54. The summed E-state index contributed by atoms with van der Waals surface area (Å²) < 4.78 is 0. The molecule has 0 unspecified atom stereocenters. The van der Waals surface area contributed by atoms with Crippen LogP contribution in [-0.4, -0.2) is 41.7 Å². The average molecular weight is 352 g/mol. The van der Waals surface area contributed by atoms with E-state index in [1.165, 1.54) is 11.1 Å². The summed E-state index contributed by atoms with van der Waals surface area (Å²) in [5.41, 5.74) is 3.57. The number of nitrogens with zero attached hydrogens (tertiary/aromatic N) is 1. The van der Waals surface area contributed by atoms with E-state index in [0.717, 1.165) is 31.5 Å². The number of benzene rings is 2. The lowest BCUT2D eigenvalue weighted by atomic mass is 9.89. The molecule has 1 amide bonds. The van der Waals surface area contributed by atoms with Crippen molar-refractivity contribution < 1.29 is 9.90 Å². The molecule has 1 aliphatic rings. The highest BCUT2D eigenvalue weighted by atomic mass is 16.3. The van der Waals surface area contributed by atoms with Gasteiger partial charge in [0.15, 0.2) is 0 Å². The first kappa shape index (κ1) is 18.6. The van der Waals surface area contributed by atoms with Gasteiger partial charge in [0.1, 0.15) is 0 Å². The van der Waals surface area contributed by atoms with Crippen molar-refractivity contribution in [3.05, 3.63) is 71.3 Å². The van der Waals surface area contributed by atoms with E-state index in [1.807, 2.05) is 30.3 Å². The molecule has 3 rings (SSSR count). The number of hydrogen-bond donors (Lipinski definition) is 2. The molecular weight excluding hydrogens is 324 g/mol. The molecule has 2 aromatic rings. The minimum absolute atomic E-state index is 0.0421. The fourth-order valence-corrected chi connectivity index (χ4v) is 3.52. The Kier molecular flexibility index (Phi) is 6.42. The van der Waals surface area contributed by atoms with Gasteiger partial charge >= 0.3 is 0 Å². The average Bonchev–Trinajstić information content (AvgIpc) is 2.65. The van der Waals surface area contributed by atoms with Crippen LogP contribution in [0, 0.1) is 12.8 Å². The first-order chi connectivity index (χ1) is 12.6. The predicted molar refractivity (Wildman–Crippen MR) is 104 cm³/mol. The third kappa shape index (κ3) is 5.41. The Morgan fingerprint density at radius 2 is 1.85 bits per heavy atom. The van der Waals surface area contributed by atoms with Crippen molar-refractivity contribution in [3.63, 3.8) is 0 Å². The number of piperidine rings is 1. The zero-order valence-corrected chi connectivity index (χ0v) is 15.4. The molecule has 0 bridgehead atoms. The Labute approximate surface area is 155 Å². The van der Waals surface area contributed by atoms with Crippen LogP contribution in [-0.2, 0) is 17.8 Å². The molecule has 2 N–H and O–H groups in total. The van der Waals surface area contributed by atoms with E-state index in [-0.39, 0.29) is 17.9 Å². The van der Waals surface area contributed by atoms with Crippen molar-refractivity contribution in [1.82, 2.24) is 10.2 Å². The first-order valence-electron chi connectivity index (χ1n) is 9.37. The van der Waals surface area contributed by atoms with Gasteiger partial charge in [-0.2, -0.15) is 0 Å². The minimum atomic E-state index is -0.290. The van der Waals surface area contributed by atoms with Crippen LogP contribution >= 0.6 is 0 Å². The second kappa shape index (κ2) is 8.97. The molecule has 1 fully saturated rings. The van der Waals surface area contributed by atoms with E-state index < -0.39 is 0 Å². The van der Waals surface area contributed by atoms with Crippen LogP contribution in [0.15, 0.2) is 54.6 Å². The highest BCUT2D eigenvalue weighted by Crippen LogP contribution is 2.21. The molecule has 4 nitrogen and oxygen atoms in total. The quantitative estimate of drug-likeness (QED) is 0.840. The summed E-state index contributed by atoms with van der Waals surface area (Å²) in [4.78, 5) is 14.4. The van der Waals surface area contributed by atoms with Crippen molar-refractivity contribution in [2.75, 3.05) is 19.6 Å². The van der Waals surface area contributed by atoms with E-state index in [0.29, 0.717) is 13.1 Å². The number of hydrogen-bond acceptors (Lipinski definition) is 3. The van der Waals surface area contributed by atoms with Crippen molar-refractivity contribution in [2.45, 2.75) is 32.4 Å². The van der Waals surface area contributed by atoms with Crippen molar-refractivity contribution in [3.8, 4) is 0 Å². The molecule has 0 aliphatic carbocycles. The van der Waals surface area contributed by atoms with E-state index in [4.69, 9.17) is 0 Å². The second-order valence-electron chi connectivity index (χ2n) is 7.30. The number of aliphatic hydroxyl groups is 1. The number of nitrogens with one attached hydrogen (secondary N) is 1. The van der Waals surface area contributed by atoms with Crippen LogP contribution in [0.1, 0.15) is 23.1 Å². The number of carbonyl (C=O) groups excluding carboxylic acids is 1. The molecule has 0 spiro atoms. The molecule has 1 aliphatic heterocycles. The first-order valence-corrected chi connectivity index (χ1v) is 9.37. The summed E-state index contributed by atoms with van der Waals surface area (Å²) in [5.74, 6) is 0.219. The number of rotatable bonds is 6. The van der Waals surface area contributed by atoms with E-state index >= 15 is 0 Å².